The summed E-state index contributed by atoms with van der Waals surface area (Å²) in [5.41, 5.74) is 6.43. The van der Waals surface area contributed by atoms with Crippen LogP contribution in [0.2, 0.25) is 0 Å². The zero-order valence-corrected chi connectivity index (χ0v) is 11.9. The summed E-state index contributed by atoms with van der Waals surface area (Å²) in [6.07, 6.45) is 1.77. The number of halogens is 1. The molecule has 0 aliphatic rings. The molecule has 1 rings (SSSR count). The molecule has 0 unspecified atom stereocenters. The molecule has 0 atom stereocenters. The van der Waals surface area contributed by atoms with Gasteiger partial charge in [0.2, 0.25) is 5.91 Å². The zero-order chi connectivity index (χ0) is 14.5. The molecule has 19 heavy (non-hydrogen) atoms. The highest BCUT2D eigenvalue weighted by Gasteiger charge is 2.15. The number of carbonyl (C=O) groups excluding carboxylic acids is 1. The number of rotatable bonds is 6. The Kier molecular flexibility index (Phi) is 5.48. The minimum atomic E-state index is -0.320. The van der Waals surface area contributed by atoms with Crippen LogP contribution >= 0.6 is 0 Å². The van der Waals surface area contributed by atoms with Gasteiger partial charge in [0.1, 0.15) is 5.82 Å². The predicted octanol–water partition coefficient (Wildman–Crippen LogP) is 2.34. The van der Waals surface area contributed by atoms with Crippen LogP contribution < -0.4 is 5.73 Å². The molecule has 0 aliphatic heterocycles. The zero-order valence-electron chi connectivity index (χ0n) is 11.9. The predicted molar refractivity (Wildman–Crippen MR) is 75.2 cm³/mol. The van der Waals surface area contributed by atoms with Crippen LogP contribution in [0, 0.1) is 5.82 Å². The average Bonchev–Trinajstić information content (AvgIpc) is 2.32. The summed E-state index contributed by atoms with van der Waals surface area (Å²) >= 11 is 0. The van der Waals surface area contributed by atoms with Crippen molar-refractivity contribution in [3.8, 4) is 0 Å². The molecule has 1 aromatic carbocycles. The lowest BCUT2D eigenvalue weighted by molar-refractivity contribution is -0.130. The molecule has 106 valence electrons. The molecule has 0 spiro atoms. The maximum Gasteiger partial charge on any atom is 0.222 e. The van der Waals surface area contributed by atoms with E-state index in [2.05, 4.69) is 0 Å². The van der Waals surface area contributed by atoms with Crippen molar-refractivity contribution < 1.29 is 9.18 Å². The van der Waals surface area contributed by atoms with Gasteiger partial charge in [0.25, 0.3) is 0 Å². The number of hydrogen-bond acceptors (Lipinski definition) is 2. The molecule has 0 radical (unpaired) electrons. The number of hydrogen-bond donors (Lipinski definition) is 1. The first-order valence-corrected chi connectivity index (χ1v) is 6.55. The van der Waals surface area contributed by atoms with Crippen molar-refractivity contribution in [2.45, 2.75) is 38.6 Å². The van der Waals surface area contributed by atoms with Crippen LogP contribution in [0.1, 0.15) is 32.3 Å². The largest absolute Gasteiger partial charge is 0.345 e. The Morgan fingerprint density at radius 2 is 2.11 bits per heavy atom. The number of nitrogens with two attached hydrogens (primary N) is 1. The quantitative estimate of drug-likeness (QED) is 0.859. The van der Waals surface area contributed by atoms with E-state index in [9.17, 15) is 9.18 Å². The van der Waals surface area contributed by atoms with Crippen molar-refractivity contribution in [1.29, 1.82) is 0 Å². The summed E-state index contributed by atoms with van der Waals surface area (Å²) in [6.45, 7) is 4.41. The van der Waals surface area contributed by atoms with E-state index in [1.165, 1.54) is 12.1 Å². The van der Waals surface area contributed by atoms with Crippen LogP contribution in [0.25, 0.3) is 0 Å². The van der Waals surface area contributed by atoms with Crippen LogP contribution in [-0.2, 0) is 11.2 Å². The van der Waals surface area contributed by atoms with Crippen LogP contribution in [0.5, 0.6) is 0 Å². The van der Waals surface area contributed by atoms with Gasteiger partial charge >= 0.3 is 0 Å². The van der Waals surface area contributed by atoms with Crippen molar-refractivity contribution in [2.24, 2.45) is 5.73 Å². The Morgan fingerprint density at radius 1 is 1.42 bits per heavy atom. The van der Waals surface area contributed by atoms with Crippen molar-refractivity contribution >= 4 is 5.91 Å². The third-order valence-electron chi connectivity index (χ3n) is 3.03. The van der Waals surface area contributed by atoms with Crippen molar-refractivity contribution in [1.82, 2.24) is 4.90 Å². The molecule has 1 aromatic rings. The number of amides is 1. The number of carbonyl (C=O) groups is 1. The molecule has 0 saturated carbocycles. The molecular weight excluding hydrogens is 243 g/mol. The highest BCUT2D eigenvalue weighted by molar-refractivity contribution is 5.75. The van der Waals surface area contributed by atoms with Crippen LogP contribution in [-0.4, -0.2) is 29.9 Å². The smallest absolute Gasteiger partial charge is 0.222 e. The average molecular weight is 266 g/mol. The lowest BCUT2D eigenvalue weighted by Gasteiger charge is -2.21. The van der Waals surface area contributed by atoms with Gasteiger partial charge in [0.15, 0.2) is 0 Å². The first-order valence-electron chi connectivity index (χ1n) is 6.55. The molecule has 0 aliphatic carbocycles. The highest BCUT2D eigenvalue weighted by Crippen LogP contribution is 2.09. The number of benzene rings is 1. The van der Waals surface area contributed by atoms with E-state index in [0.717, 1.165) is 5.56 Å². The highest BCUT2D eigenvalue weighted by atomic mass is 19.1. The van der Waals surface area contributed by atoms with Crippen LogP contribution in [0.3, 0.4) is 0 Å². The lowest BCUT2D eigenvalue weighted by atomic mass is 10.00. The minimum Gasteiger partial charge on any atom is -0.345 e. The maximum atomic E-state index is 13.0. The summed E-state index contributed by atoms with van der Waals surface area (Å²) in [6, 6.07) is 6.47. The normalized spacial score (nSPS) is 11.4. The Morgan fingerprint density at radius 3 is 2.68 bits per heavy atom. The molecule has 3 nitrogen and oxygen atoms in total. The van der Waals surface area contributed by atoms with E-state index >= 15 is 0 Å². The first kappa shape index (κ1) is 15.6. The van der Waals surface area contributed by atoms with E-state index in [1.54, 1.807) is 18.0 Å². The van der Waals surface area contributed by atoms with Crippen LogP contribution in [0.15, 0.2) is 24.3 Å². The van der Waals surface area contributed by atoms with E-state index < -0.39 is 0 Å². The van der Waals surface area contributed by atoms with Gasteiger partial charge in [-0.1, -0.05) is 12.1 Å². The number of nitrogens with zero attached hydrogens (tertiary/aromatic N) is 1. The van der Waals surface area contributed by atoms with Gasteiger partial charge in [0.05, 0.1) is 0 Å². The third kappa shape index (κ3) is 6.34. The monoisotopic (exact) mass is 266 g/mol. The molecular formula is C15H23FN2O. The second-order valence-corrected chi connectivity index (χ2v) is 5.68. The molecule has 2 N–H and O–H groups in total. The summed E-state index contributed by atoms with van der Waals surface area (Å²) < 4.78 is 13.0. The molecule has 0 fully saturated rings. The van der Waals surface area contributed by atoms with Gasteiger partial charge in [-0.2, -0.15) is 0 Å². The van der Waals surface area contributed by atoms with Gasteiger partial charge in [-0.05, 0) is 44.4 Å². The molecule has 0 heterocycles. The topological polar surface area (TPSA) is 46.3 Å². The second kappa shape index (κ2) is 6.66. The Labute approximate surface area is 114 Å². The summed E-state index contributed by atoms with van der Waals surface area (Å²) in [5.74, 6) is -0.161. The standard InChI is InChI=1S/C15H23FN2O/c1-15(2,17)9-7-14(19)18(3)10-8-12-5-4-6-13(16)11-12/h4-6,11H,7-10,17H2,1-3H3. The lowest BCUT2D eigenvalue weighted by Crippen LogP contribution is -2.35. The summed E-state index contributed by atoms with van der Waals surface area (Å²) in [4.78, 5) is 13.6. The van der Waals surface area contributed by atoms with Gasteiger partial charge in [0, 0.05) is 25.6 Å². The Balaban J connectivity index is 2.38. The van der Waals surface area contributed by atoms with E-state index in [4.69, 9.17) is 5.73 Å². The molecule has 0 saturated heterocycles. The fourth-order valence-corrected chi connectivity index (χ4v) is 1.73. The SMILES string of the molecule is CN(CCc1cccc(F)c1)C(=O)CCC(C)(C)N. The Bertz CT molecular complexity index is 426. The molecule has 4 heteroatoms. The minimum absolute atomic E-state index is 0.0786. The van der Waals surface area contributed by atoms with E-state index in [-0.39, 0.29) is 17.3 Å². The van der Waals surface area contributed by atoms with Crippen LogP contribution in [0.4, 0.5) is 4.39 Å². The number of likely N-dealkylation sites (N-methyl/N-ethyl adjacent to an activating group) is 1. The molecule has 0 aromatic heterocycles. The van der Waals surface area contributed by atoms with Gasteiger partial charge in [-0.15, -0.1) is 0 Å². The molecule has 1 amide bonds. The van der Waals surface area contributed by atoms with Gasteiger partial charge in [-0.25, -0.2) is 4.39 Å². The van der Waals surface area contributed by atoms with Crippen molar-refractivity contribution in [3.05, 3.63) is 35.6 Å². The fraction of sp³-hybridized carbons (Fsp3) is 0.533. The fourth-order valence-electron chi connectivity index (χ4n) is 1.73. The summed E-state index contributed by atoms with van der Waals surface area (Å²) in [7, 11) is 1.77. The van der Waals surface area contributed by atoms with Gasteiger partial charge < -0.3 is 10.6 Å². The first-order chi connectivity index (χ1) is 8.78. The van der Waals surface area contributed by atoms with Crippen molar-refractivity contribution in [3.63, 3.8) is 0 Å². The Hall–Kier alpha value is -1.42. The van der Waals surface area contributed by atoms with E-state index in [1.807, 2.05) is 19.9 Å². The summed E-state index contributed by atoms with van der Waals surface area (Å²) in [5, 5.41) is 0. The maximum absolute atomic E-state index is 13.0. The van der Waals surface area contributed by atoms with Crippen molar-refractivity contribution in [2.75, 3.05) is 13.6 Å². The molecule has 0 bridgehead atoms. The third-order valence-corrected chi connectivity index (χ3v) is 3.03. The van der Waals surface area contributed by atoms with Gasteiger partial charge in [-0.3, -0.25) is 4.79 Å². The second-order valence-electron chi connectivity index (χ2n) is 5.68. The van der Waals surface area contributed by atoms with E-state index in [0.29, 0.717) is 25.8 Å².